The number of nitrogens with zero attached hydrogens (tertiary/aromatic N) is 3. The molecule has 0 aromatic carbocycles. The molecule has 0 aliphatic heterocycles. The third kappa shape index (κ3) is 1.23. The first-order valence-corrected chi connectivity index (χ1v) is 5.04. The Morgan fingerprint density at radius 3 is 3.12 bits per heavy atom. The topological polar surface area (TPSA) is 83.8 Å². The zero-order chi connectivity index (χ0) is 11.1. The van der Waals surface area contributed by atoms with E-state index in [4.69, 9.17) is 5.11 Å². The Morgan fingerprint density at radius 1 is 1.56 bits per heavy atom. The number of rotatable bonds is 2. The Hall–Kier alpha value is -2.11. The van der Waals surface area contributed by atoms with Gasteiger partial charge in [-0.25, -0.2) is 4.79 Å². The average molecular weight is 218 g/mol. The van der Waals surface area contributed by atoms with Gasteiger partial charge >= 0.3 is 5.97 Å². The summed E-state index contributed by atoms with van der Waals surface area (Å²) in [7, 11) is 0. The van der Waals surface area contributed by atoms with Gasteiger partial charge in [0.15, 0.2) is 5.69 Å². The number of carboxylic acid groups (broad SMARTS) is 1. The van der Waals surface area contributed by atoms with Crippen LogP contribution in [0, 0.1) is 0 Å². The van der Waals surface area contributed by atoms with Crippen LogP contribution in [-0.2, 0) is 12.8 Å². The highest BCUT2D eigenvalue weighted by Crippen LogP contribution is 2.30. The molecule has 16 heavy (non-hydrogen) atoms. The maximum Gasteiger partial charge on any atom is 0.356 e. The van der Waals surface area contributed by atoms with Crippen LogP contribution in [0.25, 0.3) is 0 Å². The van der Waals surface area contributed by atoms with Crippen LogP contribution in [0.3, 0.4) is 0 Å². The first-order valence-electron chi connectivity index (χ1n) is 5.04. The molecular formula is C10H10N4O2. The van der Waals surface area contributed by atoms with E-state index in [9.17, 15) is 4.79 Å². The van der Waals surface area contributed by atoms with Gasteiger partial charge in [-0.2, -0.15) is 10.2 Å². The second-order valence-corrected chi connectivity index (χ2v) is 3.88. The third-order valence-electron chi connectivity index (χ3n) is 2.93. The Kier molecular flexibility index (Phi) is 1.82. The van der Waals surface area contributed by atoms with Gasteiger partial charge in [0, 0.05) is 30.1 Å². The van der Waals surface area contributed by atoms with E-state index in [1.54, 1.807) is 6.20 Å². The first-order chi connectivity index (χ1) is 7.75. The maximum absolute atomic E-state index is 10.9. The summed E-state index contributed by atoms with van der Waals surface area (Å²) in [4.78, 5) is 10.9. The molecule has 2 heterocycles. The van der Waals surface area contributed by atoms with Crippen molar-refractivity contribution in [1.82, 2.24) is 20.0 Å². The lowest BCUT2D eigenvalue weighted by molar-refractivity contribution is 0.0689. The summed E-state index contributed by atoms with van der Waals surface area (Å²) in [6, 6.07) is 2.07. The van der Waals surface area contributed by atoms with Crippen molar-refractivity contribution in [2.75, 3.05) is 0 Å². The third-order valence-corrected chi connectivity index (χ3v) is 2.93. The van der Waals surface area contributed by atoms with Gasteiger partial charge < -0.3 is 5.11 Å². The minimum absolute atomic E-state index is 0.143. The molecule has 1 unspecified atom stereocenters. The predicted molar refractivity (Wildman–Crippen MR) is 54.2 cm³/mol. The summed E-state index contributed by atoms with van der Waals surface area (Å²) < 4.78 is 1.86. The summed E-state index contributed by atoms with van der Waals surface area (Å²) in [5.74, 6) is -0.974. The van der Waals surface area contributed by atoms with Gasteiger partial charge in [-0.15, -0.1) is 0 Å². The van der Waals surface area contributed by atoms with Gasteiger partial charge in [-0.05, 0) is 12.5 Å². The van der Waals surface area contributed by atoms with E-state index in [2.05, 4.69) is 15.3 Å². The molecule has 1 aliphatic rings. The number of fused-ring (bicyclic) bond motifs is 1. The fourth-order valence-electron chi connectivity index (χ4n) is 2.19. The normalized spacial score (nSPS) is 18.6. The van der Waals surface area contributed by atoms with Crippen LogP contribution >= 0.6 is 0 Å². The lowest BCUT2D eigenvalue weighted by Crippen LogP contribution is -2.11. The van der Waals surface area contributed by atoms with Gasteiger partial charge in [0.05, 0.1) is 6.04 Å². The van der Waals surface area contributed by atoms with Crippen LogP contribution < -0.4 is 0 Å². The smallest absolute Gasteiger partial charge is 0.356 e. The number of aromatic carboxylic acids is 1. The van der Waals surface area contributed by atoms with E-state index in [0.29, 0.717) is 6.42 Å². The molecule has 0 spiro atoms. The molecule has 1 aliphatic carbocycles. The molecule has 6 heteroatoms. The fraction of sp³-hybridized carbons (Fsp3) is 0.300. The number of nitrogens with one attached hydrogen (secondary N) is 1. The van der Waals surface area contributed by atoms with Crippen molar-refractivity contribution in [3.8, 4) is 0 Å². The van der Waals surface area contributed by atoms with E-state index < -0.39 is 5.97 Å². The Labute approximate surface area is 90.9 Å². The SMILES string of the molecule is O=C(O)c1n[nH]c2c1CC(n1cccn1)C2. The number of aromatic nitrogens is 4. The molecule has 2 aromatic rings. The van der Waals surface area contributed by atoms with Crippen molar-refractivity contribution in [2.24, 2.45) is 0 Å². The lowest BCUT2D eigenvalue weighted by Gasteiger charge is -2.09. The summed E-state index contributed by atoms with van der Waals surface area (Å²) in [5, 5.41) is 19.7. The van der Waals surface area contributed by atoms with E-state index in [0.717, 1.165) is 17.7 Å². The van der Waals surface area contributed by atoms with Gasteiger partial charge in [-0.3, -0.25) is 9.78 Å². The highest BCUT2D eigenvalue weighted by atomic mass is 16.4. The van der Waals surface area contributed by atoms with E-state index in [-0.39, 0.29) is 11.7 Å². The molecule has 0 radical (unpaired) electrons. The monoisotopic (exact) mass is 218 g/mol. The summed E-state index contributed by atoms with van der Waals surface area (Å²) in [6.07, 6.45) is 5.06. The van der Waals surface area contributed by atoms with Crippen LogP contribution in [0.5, 0.6) is 0 Å². The summed E-state index contributed by atoms with van der Waals surface area (Å²) in [5.41, 5.74) is 1.87. The molecule has 2 N–H and O–H groups in total. The Bertz CT molecular complexity index is 529. The first kappa shape index (κ1) is 9.14. The van der Waals surface area contributed by atoms with Gasteiger partial charge in [0.25, 0.3) is 0 Å². The van der Waals surface area contributed by atoms with Crippen molar-refractivity contribution in [1.29, 1.82) is 0 Å². The number of hydrogen-bond donors (Lipinski definition) is 2. The van der Waals surface area contributed by atoms with Crippen LogP contribution in [-0.4, -0.2) is 31.1 Å². The second kappa shape index (κ2) is 3.19. The van der Waals surface area contributed by atoms with Gasteiger partial charge in [0.2, 0.25) is 0 Å². The molecule has 0 amide bonds. The van der Waals surface area contributed by atoms with Crippen molar-refractivity contribution < 1.29 is 9.90 Å². The minimum atomic E-state index is -0.974. The zero-order valence-electron chi connectivity index (χ0n) is 8.42. The molecule has 3 rings (SSSR count). The minimum Gasteiger partial charge on any atom is -0.476 e. The molecule has 0 saturated heterocycles. The van der Waals surface area contributed by atoms with Crippen molar-refractivity contribution in [3.05, 3.63) is 35.4 Å². The number of aromatic amines is 1. The standard InChI is InChI=1S/C10H10N4O2/c15-10(16)9-7-4-6(5-8(7)12-13-9)14-3-1-2-11-14/h1-3,6H,4-5H2,(H,12,13)(H,15,16). The Morgan fingerprint density at radius 2 is 2.44 bits per heavy atom. The van der Waals surface area contributed by atoms with Gasteiger partial charge in [-0.1, -0.05) is 0 Å². The van der Waals surface area contributed by atoms with Crippen LogP contribution in [0.4, 0.5) is 0 Å². The quantitative estimate of drug-likeness (QED) is 0.774. The fourth-order valence-corrected chi connectivity index (χ4v) is 2.19. The maximum atomic E-state index is 10.9. The van der Waals surface area contributed by atoms with Crippen molar-refractivity contribution in [3.63, 3.8) is 0 Å². The number of carbonyl (C=O) groups is 1. The van der Waals surface area contributed by atoms with E-state index in [1.807, 2.05) is 16.9 Å². The average Bonchev–Trinajstić information content (AvgIpc) is 2.92. The zero-order valence-corrected chi connectivity index (χ0v) is 8.42. The molecular weight excluding hydrogens is 208 g/mol. The van der Waals surface area contributed by atoms with Crippen molar-refractivity contribution in [2.45, 2.75) is 18.9 Å². The highest BCUT2D eigenvalue weighted by molar-refractivity contribution is 5.87. The van der Waals surface area contributed by atoms with Crippen LogP contribution in [0.1, 0.15) is 27.8 Å². The van der Waals surface area contributed by atoms with Crippen molar-refractivity contribution >= 4 is 5.97 Å². The molecule has 1 atom stereocenters. The molecule has 0 bridgehead atoms. The molecule has 0 fully saturated rings. The van der Waals surface area contributed by atoms with Crippen LogP contribution in [0.2, 0.25) is 0 Å². The number of hydrogen-bond acceptors (Lipinski definition) is 3. The largest absolute Gasteiger partial charge is 0.476 e. The molecule has 6 nitrogen and oxygen atoms in total. The summed E-state index contributed by atoms with van der Waals surface area (Å²) >= 11 is 0. The van der Waals surface area contributed by atoms with E-state index >= 15 is 0 Å². The second-order valence-electron chi connectivity index (χ2n) is 3.88. The Balaban J connectivity index is 1.92. The van der Waals surface area contributed by atoms with Gasteiger partial charge in [0.1, 0.15) is 0 Å². The highest BCUT2D eigenvalue weighted by Gasteiger charge is 2.30. The van der Waals surface area contributed by atoms with Crippen LogP contribution in [0.15, 0.2) is 18.5 Å². The lowest BCUT2D eigenvalue weighted by atomic mass is 10.2. The summed E-state index contributed by atoms with van der Waals surface area (Å²) in [6.45, 7) is 0. The molecule has 0 saturated carbocycles. The predicted octanol–water partition coefficient (Wildman–Crippen LogP) is 0.644. The number of H-pyrrole nitrogens is 1. The number of carboxylic acids is 1. The molecule has 2 aromatic heterocycles. The van der Waals surface area contributed by atoms with E-state index in [1.165, 1.54) is 0 Å². The molecule has 82 valence electrons.